The first-order valence-electron chi connectivity index (χ1n) is 8.60. The molecule has 1 unspecified atom stereocenters. The van der Waals surface area contributed by atoms with Crippen LogP contribution in [0.2, 0.25) is 0 Å². The molecule has 1 aliphatic heterocycles. The van der Waals surface area contributed by atoms with Gasteiger partial charge in [-0.2, -0.15) is 0 Å². The summed E-state index contributed by atoms with van der Waals surface area (Å²) in [6.07, 6.45) is 3.41. The summed E-state index contributed by atoms with van der Waals surface area (Å²) in [6.45, 7) is 0.841. The maximum absolute atomic E-state index is 14.1. The Morgan fingerprint density at radius 3 is 2.81 bits per heavy atom. The molecule has 3 aromatic rings. The second kappa shape index (κ2) is 6.78. The van der Waals surface area contributed by atoms with E-state index in [2.05, 4.69) is 14.9 Å². The number of halogens is 1. The van der Waals surface area contributed by atoms with E-state index in [0.717, 1.165) is 47.7 Å². The van der Waals surface area contributed by atoms with Crippen LogP contribution in [-0.2, 0) is 0 Å². The number of hydrogen-bond donors (Lipinski definition) is 0. The molecule has 26 heavy (non-hydrogen) atoms. The SMILES string of the molecule is COc1ccc(OC)c(C2CCCN2c2ncnc3c(F)cccc23)c1. The van der Waals surface area contributed by atoms with E-state index in [1.807, 2.05) is 24.3 Å². The first-order chi connectivity index (χ1) is 12.7. The molecule has 1 saturated heterocycles. The Hall–Kier alpha value is -2.89. The van der Waals surface area contributed by atoms with Gasteiger partial charge >= 0.3 is 0 Å². The lowest BCUT2D eigenvalue weighted by atomic mass is 10.0. The number of hydrogen-bond acceptors (Lipinski definition) is 5. The minimum absolute atomic E-state index is 0.0846. The molecule has 0 amide bonds. The average molecular weight is 353 g/mol. The van der Waals surface area contributed by atoms with E-state index in [1.165, 1.54) is 12.4 Å². The minimum Gasteiger partial charge on any atom is -0.497 e. The average Bonchev–Trinajstić information content (AvgIpc) is 3.17. The Morgan fingerprint density at radius 2 is 2.00 bits per heavy atom. The third kappa shape index (κ3) is 2.71. The monoisotopic (exact) mass is 353 g/mol. The van der Waals surface area contributed by atoms with Gasteiger partial charge in [-0.15, -0.1) is 0 Å². The quantitative estimate of drug-likeness (QED) is 0.706. The molecule has 0 aliphatic carbocycles. The van der Waals surface area contributed by atoms with Gasteiger partial charge in [0, 0.05) is 17.5 Å². The van der Waals surface area contributed by atoms with Crippen molar-refractivity contribution in [3.63, 3.8) is 0 Å². The van der Waals surface area contributed by atoms with E-state index >= 15 is 0 Å². The molecule has 0 N–H and O–H groups in total. The number of rotatable bonds is 4. The van der Waals surface area contributed by atoms with Gasteiger partial charge < -0.3 is 14.4 Å². The summed E-state index contributed by atoms with van der Waals surface area (Å²) in [4.78, 5) is 10.8. The van der Waals surface area contributed by atoms with Crippen LogP contribution in [-0.4, -0.2) is 30.7 Å². The standard InChI is InChI=1S/C20H20FN3O2/c1-25-13-8-9-18(26-2)15(11-13)17-7-4-10-24(17)20-14-5-3-6-16(21)19(14)22-12-23-20/h3,5-6,8-9,11-12,17H,4,7,10H2,1-2H3. The minimum atomic E-state index is -0.333. The van der Waals surface area contributed by atoms with Crippen molar-refractivity contribution < 1.29 is 13.9 Å². The molecule has 2 heterocycles. The van der Waals surface area contributed by atoms with Crippen LogP contribution in [0.5, 0.6) is 11.5 Å². The lowest BCUT2D eigenvalue weighted by Gasteiger charge is -2.28. The van der Waals surface area contributed by atoms with Gasteiger partial charge in [0.1, 0.15) is 35.0 Å². The molecule has 134 valence electrons. The van der Waals surface area contributed by atoms with E-state index < -0.39 is 0 Å². The maximum Gasteiger partial charge on any atom is 0.149 e. The summed E-state index contributed by atoms with van der Waals surface area (Å²) in [5.41, 5.74) is 1.40. The second-order valence-corrected chi connectivity index (χ2v) is 6.29. The van der Waals surface area contributed by atoms with Crippen molar-refractivity contribution in [3.8, 4) is 11.5 Å². The third-order valence-corrected chi connectivity index (χ3v) is 4.92. The van der Waals surface area contributed by atoms with E-state index in [-0.39, 0.29) is 11.9 Å². The smallest absolute Gasteiger partial charge is 0.149 e. The summed E-state index contributed by atoms with van der Waals surface area (Å²) in [6, 6.07) is 10.9. The Balaban J connectivity index is 1.83. The molecule has 6 heteroatoms. The van der Waals surface area contributed by atoms with Gasteiger partial charge in [-0.05, 0) is 43.2 Å². The number of methoxy groups -OCH3 is 2. The molecule has 4 rings (SSSR count). The highest BCUT2D eigenvalue weighted by Crippen LogP contribution is 2.42. The zero-order valence-electron chi connectivity index (χ0n) is 14.8. The predicted octanol–water partition coefficient (Wildman–Crippen LogP) is 4.13. The molecule has 1 aromatic heterocycles. The number of fused-ring (bicyclic) bond motifs is 1. The zero-order chi connectivity index (χ0) is 18.1. The molecular weight excluding hydrogens is 333 g/mol. The molecule has 0 saturated carbocycles. The Kier molecular flexibility index (Phi) is 4.32. The molecule has 0 bridgehead atoms. The van der Waals surface area contributed by atoms with Gasteiger partial charge in [-0.1, -0.05) is 6.07 Å². The molecule has 1 fully saturated rings. The number of nitrogens with zero attached hydrogens (tertiary/aromatic N) is 3. The highest BCUT2D eigenvalue weighted by molar-refractivity contribution is 5.90. The summed E-state index contributed by atoms with van der Waals surface area (Å²) in [5.74, 6) is 2.02. The molecular formula is C20H20FN3O2. The fourth-order valence-corrected chi connectivity index (χ4v) is 3.71. The number of para-hydroxylation sites is 1. The number of ether oxygens (including phenoxy) is 2. The van der Waals surface area contributed by atoms with Crippen LogP contribution in [0.1, 0.15) is 24.4 Å². The molecule has 0 radical (unpaired) electrons. The third-order valence-electron chi connectivity index (χ3n) is 4.92. The van der Waals surface area contributed by atoms with Crippen molar-refractivity contribution in [1.29, 1.82) is 0 Å². The highest BCUT2D eigenvalue weighted by atomic mass is 19.1. The van der Waals surface area contributed by atoms with E-state index in [1.54, 1.807) is 20.3 Å². The zero-order valence-corrected chi connectivity index (χ0v) is 14.8. The van der Waals surface area contributed by atoms with Crippen molar-refractivity contribution in [1.82, 2.24) is 9.97 Å². The fraction of sp³-hybridized carbons (Fsp3) is 0.300. The lowest BCUT2D eigenvalue weighted by molar-refractivity contribution is 0.395. The predicted molar refractivity (Wildman–Crippen MR) is 98.4 cm³/mol. The fourth-order valence-electron chi connectivity index (χ4n) is 3.71. The summed E-state index contributed by atoms with van der Waals surface area (Å²) < 4.78 is 25.1. The van der Waals surface area contributed by atoms with Crippen molar-refractivity contribution in [2.45, 2.75) is 18.9 Å². The largest absolute Gasteiger partial charge is 0.497 e. The normalized spacial score (nSPS) is 16.9. The Morgan fingerprint density at radius 1 is 1.12 bits per heavy atom. The summed E-state index contributed by atoms with van der Waals surface area (Å²) in [5, 5.41) is 0.723. The van der Waals surface area contributed by atoms with Gasteiger partial charge in [-0.3, -0.25) is 0 Å². The lowest BCUT2D eigenvalue weighted by Crippen LogP contribution is -2.24. The first-order valence-corrected chi connectivity index (χ1v) is 8.60. The van der Waals surface area contributed by atoms with Crippen LogP contribution in [0.25, 0.3) is 10.9 Å². The number of aromatic nitrogens is 2. The number of benzene rings is 2. The van der Waals surface area contributed by atoms with E-state index in [4.69, 9.17) is 9.47 Å². The van der Waals surface area contributed by atoms with Crippen LogP contribution in [0.4, 0.5) is 10.2 Å². The molecule has 0 spiro atoms. The van der Waals surface area contributed by atoms with Crippen molar-refractivity contribution in [2.24, 2.45) is 0 Å². The molecule has 1 aliphatic rings. The Bertz CT molecular complexity index is 947. The summed E-state index contributed by atoms with van der Waals surface area (Å²) in [7, 11) is 3.32. The van der Waals surface area contributed by atoms with Gasteiger partial charge in [0.2, 0.25) is 0 Å². The van der Waals surface area contributed by atoms with Crippen molar-refractivity contribution >= 4 is 16.7 Å². The van der Waals surface area contributed by atoms with Gasteiger partial charge in [0.15, 0.2) is 0 Å². The van der Waals surface area contributed by atoms with Crippen LogP contribution in [0, 0.1) is 5.82 Å². The van der Waals surface area contributed by atoms with Gasteiger partial charge in [0.05, 0.1) is 20.3 Å². The second-order valence-electron chi connectivity index (χ2n) is 6.29. The van der Waals surface area contributed by atoms with E-state index in [9.17, 15) is 4.39 Å². The summed E-state index contributed by atoms with van der Waals surface area (Å²) >= 11 is 0. The Labute approximate surface area is 151 Å². The van der Waals surface area contributed by atoms with Crippen LogP contribution >= 0.6 is 0 Å². The van der Waals surface area contributed by atoms with E-state index in [0.29, 0.717) is 5.52 Å². The maximum atomic E-state index is 14.1. The van der Waals surface area contributed by atoms with Crippen LogP contribution in [0.3, 0.4) is 0 Å². The topological polar surface area (TPSA) is 47.5 Å². The molecule has 2 aromatic carbocycles. The van der Waals surface area contributed by atoms with Crippen LogP contribution in [0.15, 0.2) is 42.7 Å². The molecule has 1 atom stereocenters. The highest BCUT2D eigenvalue weighted by Gasteiger charge is 2.31. The van der Waals surface area contributed by atoms with Crippen molar-refractivity contribution in [3.05, 3.63) is 54.1 Å². The van der Waals surface area contributed by atoms with Crippen molar-refractivity contribution in [2.75, 3.05) is 25.7 Å². The first kappa shape index (κ1) is 16.6. The number of anilines is 1. The van der Waals surface area contributed by atoms with Gasteiger partial charge in [-0.25, -0.2) is 14.4 Å². The van der Waals surface area contributed by atoms with Gasteiger partial charge in [0.25, 0.3) is 0 Å². The molecule has 5 nitrogen and oxygen atoms in total. The van der Waals surface area contributed by atoms with Crippen LogP contribution < -0.4 is 14.4 Å².